The van der Waals surface area contributed by atoms with Crippen LogP contribution in [0.25, 0.3) is 0 Å². The van der Waals surface area contributed by atoms with Crippen molar-refractivity contribution in [1.29, 1.82) is 0 Å². The van der Waals surface area contributed by atoms with Crippen LogP contribution < -0.4 is 0 Å². The van der Waals surface area contributed by atoms with Crippen LogP contribution in [0.15, 0.2) is 24.3 Å². The van der Waals surface area contributed by atoms with Crippen molar-refractivity contribution in [2.24, 2.45) is 5.92 Å². The zero-order chi connectivity index (χ0) is 10.9. The Hall–Kier alpha value is -0.820. The standard InChI is InChI=1S/C14H20O/c1-3-11-5-7-12(8-6-11)14(15,4-2)13-9-10-13/h5-8,13,15H,3-4,9-10H2,1-2H3. The van der Waals surface area contributed by atoms with E-state index in [1.54, 1.807) is 0 Å². The minimum absolute atomic E-state index is 0.495. The minimum Gasteiger partial charge on any atom is -0.385 e. The molecule has 1 heteroatoms. The summed E-state index contributed by atoms with van der Waals surface area (Å²) in [6.45, 7) is 4.23. The van der Waals surface area contributed by atoms with E-state index in [4.69, 9.17) is 0 Å². The summed E-state index contributed by atoms with van der Waals surface area (Å²) in [5.74, 6) is 0.495. The second kappa shape index (κ2) is 3.97. The van der Waals surface area contributed by atoms with Gasteiger partial charge >= 0.3 is 0 Å². The monoisotopic (exact) mass is 204 g/mol. The van der Waals surface area contributed by atoms with Crippen molar-refractivity contribution >= 4 is 0 Å². The third-order valence-corrected chi connectivity index (χ3v) is 3.65. The molecular formula is C14H20O. The summed E-state index contributed by atoms with van der Waals surface area (Å²) in [4.78, 5) is 0. The molecule has 0 amide bonds. The molecule has 0 bridgehead atoms. The molecule has 1 atom stereocenters. The zero-order valence-corrected chi connectivity index (χ0v) is 9.66. The predicted molar refractivity (Wildman–Crippen MR) is 62.7 cm³/mol. The van der Waals surface area contributed by atoms with Crippen molar-refractivity contribution < 1.29 is 5.11 Å². The van der Waals surface area contributed by atoms with Crippen molar-refractivity contribution in [1.82, 2.24) is 0 Å². The molecule has 1 saturated carbocycles. The first-order chi connectivity index (χ1) is 7.20. The average molecular weight is 204 g/mol. The molecule has 1 aromatic carbocycles. The lowest BCUT2D eigenvalue weighted by atomic mass is 9.86. The molecule has 1 nitrogen and oxygen atoms in total. The number of rotatable bonds is 4. The number of benzene rings is 1. The van der Waals surface area contributed by atoms with E-state index in [9.17, 15) is 5.11 Å². The largest absolute Gasteiger partial charge is 0.385 e. The predicted octanol–water partition coefficient (Wildman–Crippen LogP) is 3.26. The zero-order valence-electron chi connectivity index (χ0n) is 9.66. The minimum atomic E-state index is -0.563. The smallest absolute Gasteiger partial charge is 0.0921 e. The van der Waals surface area contributed by atoms with E-state index in [0.29, 0.717) is 5.92 Å². The molecule has 0 heterocycles. The Labute approximate surface area is 92.1 Å². The van der Waals surface area contributed by atoms with Gasteiger partial charge < -0.3 is 5.11 Å². The summed E-state index contributed by atoms with van der Waals surface area (Å²) < 4.78 is 0. The van der Waals surface area contributed by atoms with Gasteiger partial charge in [-0.15, -0.1) is 0 Å². The molecule has 1 N–H and O–H groups in total. The van der Waals surface area contributed by atoms with Crippen LogP contribution >= 0.6 is 0 Å². The lowest BCUT2D eigenvalue weighted by Crippen LogP contribution is -2.27. The van der Waals surface area contributed by atoms with E-state index in [0.717, 1.165) is 18.4 Å². The Bertz CT molecular complexity index is 324. The highest BCUT2D eigenvalue weighted by Gasteiger charge is 2.43. The van der Waals surface area contributed by atoms with E-state index < -0.39 is 5.60 Å². The van der Waals surface area contributed by atoms with Gasteiger partial charge in [-0.2, -0.15) is 0 Å². The van der Waals surface area contributed by atoms with Crippen LogP contribution in [0.3, 0.4) is 0 Å². The first-order valence-electron chi connectivity index (χ1n) is 6.02. The lowest BCUT2D eigenvalue weighted by molar-refractivity contribution is 0.00889. The van der Waals surface area contributed by atoms with Crippen LogP contribution in [0.5, 0.6) is 0 Å². The third-order valence-electron chi connectivity index (χ3n) is 3.65. The topological polar surface area (TPSA) is 20.2 Å². The second-order valence-corrected chi connectivity index (χ2v) is 4.60. The highest BCUT2D eigenvalue weighted by atomic mass is 16.3. The molecule has 82 valence electrons. The van der Waals surface area contributed by atoms with Crippen molar-refractivity contribution in [3.8, 4) is 0 Å². The number of aryl methyl sites for hydroxylation is 1. The van der Waals surface area contributed by atoms with Crippen LogP contribution in [-0.4, -0.2) is 5.11 Å². The summed E-state index contributed by atoms with van der Waals surface area (Å²) >= 11 is 0. The van der Waals surface area contributed by atoms with Crippen LogP contribution in [0.2, 0.25) is 0 Å². The van der Waals surface area contributed by atoms with Gasteiger partial charge in [-0.05, 0) is 42.7 Å². The van der Waals surface area contributed by atoms with E-state index >= 15 is 0 Å². The first-order valence-corrected chi connectivity index (χ1v) is 6.02. The molecule has 0 radical (unpaired) electrons. The van der Waals surface area contributed by atoms with E-state index in [-0.39, 0.29) is 0 Å². The Balaban J connectivity index is 2.26. The number of hydrogen-bond donors (Lipinski definition) is 1. The molecule has 0 aliphatic heterocycles. The van der Waals surface area contributed by atoms with Gasteiger partial charge in [0.05, 0.1) is 5.60 Å². The molecule has 0 aromatic heterocycles. The van der Waals surface area contributed by atoms with Crippen molar-refractivity contribution in [3.05, 3.63) is 35.4 Å². The summed E-state index contributed by atoms with van der Waals surface area (Å²) in [6.07, 6.45) is 4.25. The van der Waals surface area contributed by atoms with Crippen LogP contribution in [0.1, 0.15) is 44.2 Å². The average Bonchev–Trinajstić information content (AvgIpc) is 3.12. The maximum Gasteiger partial charge on any atom is 0.0921 e. The van der Waals surface area contributed by atoms with Gasteiger partial charge in [-0.25, -0.2) is 0 Å². The number of hydrogen-bond acceptors (Lipinski definition) is 1. The van der Waals surface area contributed by atoms with Gasteiger partial charge in [0.1, 0.15) is 0 Å². The van der Waals surface area contributed by atoms with Crippen LogP contribution in [-0.2, 0) is 12.0 Å². The highest BCUT2D eigenvalue weighted by molar-refractivity contribution is 5.28. The van der Waals surface area contributed by atoms with Crippen LogP contribution in [0.4, 0.5) is 0 Å². The first kappa shape index (κ1) is 10.7. The van der Waals surface area contributed by atoms with Crippen LogP contribution in [0, 0.1) is 5.92 Å². The molecule has 1 fully saturated rings. The highest BCUT2D eigenvalue weighted by Crippen LogP contribution is 2.47. The van der Waals surface area contributed by atoms with Gasteiger partial charge in [0.25, 0.3) is 0 Å². The Kier molecular flexibility index (Phi) is 2.83. The van der Waals surface area contributed by atoms with Gasteiger partial charge in [-0.3, -0.25) is 0 Å². The van der Waals surface area contributed by atoms with Crippen molar-refractivity contribution in [3.63, 3.8) is 0 Å². The van der Waals surface area contributed by atoms with Gasteiger partial charge in [0, 0.05) is 0 Å². The molecule has 0 saturated heterocycles. The molecule has 1 unspecified atom stereocenters. The molecule has 1 aliphatic rings. The molecular weight excluding hydrogens is 184 g/mol. The maximum absolute atomic E-state index is 10.6. The van der Waals surface area contributed by atoms with E-state index in [2.05, 4.69) is 38.1 Å². The summed E-state index contributed by atoms with van der Waals surface area (Å²) in [6, 6.07) is 8.47. The molecule has 15 heavy (non-hydrogen) atoms. The second-order valence-electron chi connectivity index (χ2n) is 4.60. The van der Waals surface area contributed by atoms with E-state index in [1.807, 2.05) is 0 Å². The summed E-state index contributed by atoms with van der Waals surface area (Å²) in [5, 5.41) is 10.6. The summed E-state index contributed by atoms with van der Waals surface area (Å²) in [5.41, 5.74) is 1.88. The Morgan fingerprint density at radius 2 is 1.80 bits per heavy atom. The van der Waals surface area contributed by atoms with Gasteiger partial charge in [-0.1, -0.05) is 38.1 Å². The molecule has 2 rings (SSSR count). The summed E-state index contributed by atoms with van der Waals surface area (Å²) in [7, 11) is 0. The SMILES string of the molecule is CCc1ccc(C(O)(CC)C2CC2)cc1. The van der Waals surface area contributed by atoms with Gasteiger partial charge in [0.15, 0.2) is 0 Å². The number of aliphatic hydroxyl groups is 1. The maximum atomic E-state index is 10.6. The normalized spacial score (nSPS) is 19.9. The molecule has 1 aromatic rings. The fraction of sp³-hybridized carbons (Fsp3) is 0.571. The van der Waals surface area contributed by atoms with E-state index in [1.165, 1.54) is 18.4 Å². The lowest BCUT2D eigenvalue weighted by Gasteiger charge is -2.27. The van der Waals surface area contributed by atoms with Gasteiger partial charge in [0.2, 0.25) is 0 Å². The quantitative estimate of drug-likeness (QED) is 0.798. The Morgan fingerprint density at radius 1 is 1.20 bits per heavy atom. The Morgan fingerprint density at radius 3 is 2.20 bits per heavy atom. The fourth-order valence-corrected chi connectivity index (χ4v) is 2.32. The molecule has 0 spiro atoms. The van der Waals surface area contributed by atoms with Crippen molar-refractivity contribution in [2.75, 3.05) is 0 Å². The molecule has 1 aliphatic carbocycles. The fourth-order valence-electron chi connectivity index (χ4n) is 2.32. The third kappa shape index (κ3) is 1.93. The van der Waals surface area contributed by atoms with Crippen molar-refractivity contribution in [2.45, 2.75) is 45.1 Å².